The summed E-state index contributed by atoms with van der Waals surface area (Å²) in [6.45, 7) is 5.63. The zero-order valence-corrected chi connectivity index (χ0v) is 14.1. The number of nitrogens with two attached hydrogens (primary N) is 1. The molecule has 0 aromatic heterocycles. The number of nitrogen functional groups attached to an aromatic ring is 1. The molecule has 2 N–H and O–H groups in total. The van der Waals surface area contributed by atoms with Crippen LogP contribution in [0.5, 0.6) is 5.75 Å². The molecule has 126 valence electrons. The summed E-state index contributed by atoms with van der Waals surface area (Å²) in [5.41, 5.74) is 5.94. The van der Waals surface area contributed by atoms with Gasteiger partial charge in [0.15, 0.2) is 5.60 Å². The quantitative estimate of drug-likeness (QED) is 0.666. The third-order valence-corrected chi connectivity index (χ3v) is 4.50. The molecule has 6 heteroatoms. The van der Waals surface area contributed by atoms with Crippen LogP contribution in [0, 0.1) is 0 Å². The Hall–Kier alpha value is -2.24. The first kappa shape index (κ1) is 17.1. The van der Waals surface area contributed by atoms with Crippen molar-refractivity contribution in [2.45, 2.75) is 51.7 Å². The van der Waals surface area contributed by atoms with E-state index in [0.29, 0.717) is 36.4 Å². The first-order valence-electron chi connectivity index (χ1n) is 7.94. The Morgan fingerprint density at radius 1 is 1.35 bits per heavy atom. The smallest absolute Gasteiger partial charge is 0.328 e. The van der Waals surface area contributed by atoms with Gasteiger partial charge in [-0.3, -0.25) is 9.69 Å². The van der Waals surface area contributed by atoms with E-state index < -0.39 is 17.6 Å². The number of benzene rings is 1. The Kier molecular flexibility index (Phi) is 4.82. The van der Waals surface area contributed by atoms with Gasteiger partial charge in [0.2, 0.25) is 0 Å². The minimum atomic E-state index is -0.984. The maximum atomic E-state index is 13.2. The number of para-hydroxylation sites is 1. The molecule has 1 aliphatic heterocycles. The molecule has 1 aromatic rings. The second kappa shape index (κ2) is 6.48. The number of hydrogen-bond acceptors (Lipinski definition) is 5. The van der Waals surface area contributed by atoms with E-state index in [-0.39, 0.29) is 5.91 Å². The topological polar surface area (TPSA) is 81.9 Å². The van der Waals surface area contributed by atoms with Crippen molar-refractivity contribution in [1.29, 1.82) is 0 Å². The summed E-state index contributed by atoms with van der Waals surface area (Å²) in [5.74, 6) is -0.182. The molecule has 2 rings (SSSR count). The van der Waals surface area contributed by atoms with Crippen molar-refractivity contribution in [3.05, 3.63) is 18.2 Å². The molecule has 1 amide bonds. The molecule has 0 radical (unpaired) electrons. The van der Waals surface area contributed by atoms with E-state index in [1.807, 2.05) is 20.8 Å². The highest BCUT2D eigenvalue weighted by Gasteiger charge is 2.49. The standard InChI is InChI=1S/C17H24N2O4/c1-5-12(15(20)22-4)19-14-11(18)9-8-10-13(14)23-17(6-2,7-3)16(19)21/h8-10,12H,5-7,18H2,1-4H3. The van der Waals surface area contributed by atoms with Crippen molar-refractivity contribution >= 4 is 23.3 Å². The van der Waals surface area contributed by atoms with Crippen molar-refractivity contribution < 1.29 is 19.1 Å². The van der Waals surface area contributed by atoms with Gasteiger partial charge in [-0.2, -0.15) is 0 Å². The fourth-order valence-corrected chi connectivity index (χ4v) is 3.04. The van der Waals surface area contributed by atoms with Crippen molar-refractivity contribution in [3.8, 4) is 5.75 Å². The molecule has 0 aliphatic carbocycles. The predicted octanol–water partition coefficient (Wildman–Crippen LogP) is 2.50. The number of anilines is 2. The van der Waals surface area contributed by atoms with E-state index in [1.54, 1.807) is 18.2 Å². The monoisotopic (exact) mass is 320 g/mol. The lowest BCUT2D eigenvalue weighted by Gasteiger charge is -2.44. The molecular formula is C17H24N2O4. The summed E-state index contributed by atoms with van der Waals surface area (Å²) >= 11 is 0. The van der Waals surface area contributed by atoms with Crippen LogP contribution in [0.15, 0.2) is 18.2 Å². The molecular weight excluding hydrogens is 296 g/mol. The van der Waals surface area contributed by atoms with Gasteiger partial charge in [-0.05, 0) is 31.4 Å². The molecule has 0 saturated heterocycles. The van der Waals surface area contributed by atoms with Crippen LogP contribution in [0.2, 0.25) is 0 Å². The first-order valence-corrected chi connectivity index (χ1v) is 7.94. The number of fused-ring (bicyclic) bond motifs is 1. The molecule has 1 aromatic carbocycles. The largest absolute Gasteiger partial charge is 0.475 e. The van der Waals surface area contributed by atoms with Gasteiger partial charge in [-0.25, -0.2) is 4.79 Å². The van der Waals surface area contributed by atoms with Crippen LogP contribution in [0.25, 0.3) is 0 Å². The van der Waals surface area contributed by atoms with Crippen molar-refractivity contribution in [3.63, 3.8) is 0 Å². The Bertz CT molecular complexity index is 611. The summed E-state index contributed by atoms with van der Waals surface area (Å²) in [7, 11) is 1.32. The van der Waals surface area contributed by atoms with Crippen LogP contribution >= 0.6 is 0 Å². The Morgan fingerprint density at radius 2 is 2.00 bits per heavy atom. The Balaban J connectivity index is 2.66. The van der Waals surface area contributed by atoms with Crippen LogP contribution in [0.3, 0.4) is 0 Å². The molecule has 1 aliphatic rings. The van der Waals surface area contributed by atoms with E-state index in [0.717, 1.165) is 0 Å². The Labute approximate surface area is 136 Å². The van der Waals surface area contributed by atoms with Gasteiger partial charge in [-0.15, -0.1) is 0 Å². The van der Waals surface area contributed by atoms with Crippen LogP contribution in [0.1, 0.15) is 40.0 Å². The van der Waals surface area contributed by atoms with Crippen molar-refractivity contribution in [2.24, 2.45) is 0 Å². The number of carbonyl (C=O) groups excluding carboxylic acids is 2. The average Bonchev–Trinajstić information content (AvgIpc) is 2.57. The number of methoxy groups -OCH3 is 1. The third kappa shape index (κ3) is 2.62. The molecule has 6 nitrogen and oxygen atoms in total. The normalized spacial score (nSPS) is 17.2. The summed E-state index contributed by atoms with van der Waals surface area (Å²) < 4.78 is 10.9. The number of rotatable bonds is 5. The minimum Gasteiger partial charge on any atom is -0.475 e. The lowest BCUT2D eigenvalue weighted by molar-refractivity contribution is -0.146. The summed E-state index contributed by atoms with van der Waals surface area (Å²) in [5, 5.41) is 0. The van der Waals surface area contributed by atoms with Gasteiger partial charge in [-0.1, -0.05) is 26.8 Å². The van der Waals surface area contributed by atoms with Gasteiger partial charge in [0, 0.05) is 0 Å². The first-order chi connectivity index (χ1) is 11.0. The van der Waals surface area contributed by atoms with Crippen LogP contribution in [-0.2, 0) is 14.3 Å². The van der Waals surface area contributed by atoms with Crippen LogP contribution < -0.4 is 15.4 Å². The van der Waals surface area contributed by atoms with Gasteiger partial charge in [0.25, 0.3) is 5.91 Å². The maximum absolute atomic E-state index is 13.2. The number of hydrogen-bond donors (Lipinski definition) is 1. The van der Waals surface area contributed by atoms with Crippen molar-refractivity contribution in [2.75, 3.05) is 17.7 Å². The van der Waals surface area contributed by atoms with Gasteiger partial charge >= 0.3 is 5.97 Å². The highest BCUT2D eigenvalue weighted by molar-refractivity contribution is 6.09. The van der Waals surface area contributed by atoms with E-state index in [1.165, 1.54) is 12.0 Å². The lowest BCUT2D eigenvalue weighted by atomic mass is 9.91. The van der Waals surface area contributed by atoms with Gasteiger partial charge in [0.05, 0.1) is 12.8 Å². The minimum absolute atomic E-state index is 0.245. The Morgan fingerprint density at radius 3 is 2.52 bits per heavy atom. The highest BCUT2D eigenvalue weighted by Crippen LogP contribution is 2.45. The van der Waals surface area contributed by atoms with Gasteiger partial charge < -0.3 is 15.2 Å². The second-order valence-electron chi connectivity index (χ2n) is 5.62. The lowest BCUT2D eigenvalue weighted by Crippen LogP contribution is -2.60. The molecule has 23 heavy (non-hydrogen) atoms. The van der Waals surface area contributed by atoms with Crippen LogP contribution in [0.4, 0.5) is 11.4 Å². The summed E-state index contributed by atoms with van der Waals surface area (Å²) in [6.07, 6.45) is 1.44. The predicted molar refractivity (Wildman–Crippen MR) is 88.4 cm³/mol. The number of esters is 1. The van der Waals surface area contributed by atoms with Crippen molar-refractivity contribution in [1.82, 2.24) is 0 Å². The maximum Gasteiger partial charge on any atom is 0.328 e. The fourth-order valence-electron chi connectivity index (χ4n) is 3.04. The van der Waals surface area contributed by atoms with E-state index >= 15 is 0 Å². The van der Waals surface area contributed by atoms with E-state index in [9.17, 15) is 9.59 Å². The van der Waals surface area contributed by atoms with E-state index in [4.69, 9.17) is 15.2 Å². The molecule has 0 fully saturated rings. The molecule has 1 unspecified atom stereocenters. The zero-order valence-electron chi connectivity index (χ0n) is 14.1. The number of nitrogens with zero attached hydrogens (tertiary/aromatic N) is 1. The van der Waals surface area contributed by atoms with Crippen LogP contribution in [-0.4, -0.2) is 30.6 Å². The number of ether oxygens (including phenoxy) is 2. The number of carbonyl (C=O) groups is 2. The fraction of sp³-hybridized carbons (Fsp3) is 0.529. The molecule has 1 atom stereocenters. The summed E-state index contributed by atoms with van der Waals surface area (Å²) in [4.78, 5) is 26.8. The molecule has 0 saturated carbocycles. The zero-order chi connectivity index (χ0) is 17.2. The van der Waals surface area contributed by atoms with Gasteiger partial charge in [0.1, 0.15) is 17.5 Å². The molecule has 0 bridgehead atoms. The second-order valence-corrected chi connectivity index (χ2v) is 5.62. The molecule has 0 spiro atoms. The third-order valence-electron chi connectivity index (χ3n) is 4.50. The SMILES string of the molecule is CCC(C(=O)OC)N1C(=O)C(CC)(CC)Oc2cccc(N)c21. The summed E-state index contributed by atoms with van der Waals surface area (Å²) in [6, 6.07) is 4.52. The highest BCUT2D eigenvalue weighted by atomic mass is 16.5. The number of amides is 1. The van der Waals surface area contributed by atoms with E-state index in [2.05, 4.69) is 0 Å². The molecule has 1 heterocycles. The average molecular weight is 320 g/mol.